The van der Waals surface area contributed by atoms with Crippen LogP contribution in [0.4, 0.5) is 5.69 Å². The fourth-order valence-corrected chi connectivity index (χ4v) is 3.82. The van der Waals surface area contributed by atoms with Crippen LogP contribution in [0, 0.1) is 0 Å². The van der Waals surface area contributed by atoms with Crippen LogP contribution in [0.5, 0.6) is 5.75 Å². The van der Waals surface area contributed by atoms with E-state index in [2.05, 4.69) is 22.3 Å². The maximum atomic E-state index is 12.3. The van der Waals surface area contributed by atoms with Gasteiger partial charge in [0, 0.05) is 17.8 Å². The number of nitrogens with one attached hydrogen (secondary N) is 2. The Morgan fingerprint density at radius 1 is 1.25 bits per heavy atom. The number of methoxy groups -OCH3 is 1. The van der Waals surface area contributed by atoms with E-state index in [9.17, 15) is 4.79 Å². The third-order valence-corrected chi connectivity index (χ3v) is 5.27. The van der Waals surface area contributed by atoms with Crippen molar-refractivity contribution in [2.24, 2.45) is 0 Å². The van der Waals surface area contributed by atoms with Gasteiger partial charge in [-0.3, -0.25) is 4.79 Å². The topological polar surface area (TPSA) is 46.0 Å². The van der Waals surface area contributed by atoms with Gasteiger partial charge in [-0.05, 0) is 25.0 Å². The first kappa shape index (κ1) is 17.1. The number of hydrogen-bond acceptors (Lipinski definition) is 3. The van der Waals surface area contributed by atoms with E-state index in [-0.39, 0.29) is 5.91 Å². The first-order valence-corrected chi connectivity index (χ1v) is 9.26. The van der Waals surface area contributed by atoms with E-state index in [4.69, 9.17) is 4.74 Å². The molecule has 0 unspecified atom stereocenters. The number of ether oxygens (including phenoxy) is 1. The summed E-state index contributed by atoms with van der Waals surface area (Å²) in [7, 11) is 1.70. The van der Waals surface area contributed by atoms with Gasteiger partial charge in [0.25, 0.3) is 5.91 Å². The van der Waals surface area contributed by atoms with E-state index < -0.39 is 0 Å². The first-order chi connectivity index (χ1) is 11.7. The van der Waals surface area contributed by atoms with Crippen LogP contribution < -0.4 is 19.9 Å². The van der Waals surface area contributed by atoms with Crippen LogP contribution in [0.15, 0.2) is 24.3 Å². The smallest absolute Gasteiger partial charge is 0.275 e. The second kappa shape index (κ2) is 8.38. The zero-order valence-corrected chi connectivity index (χ0v) is 14.7. The molecule has 1 amide bonds. The summed E-state index contributed by atoms with van der Waals surface area (Å²) in [6.45, 7) is 4.60. The highest BCUT2D eigenvalue weighted by atomic mass is 16.5. The van der Waals surface area contributed by atoms with Crippen LogP contribution in [0.2, 0.25) is 0 Å². The molecule has 0 bridgehead atoms. The molecule has 0 atom stereocenters. The average Bonchev–Trinajstić information content (AvgIpc) is 2.63. The molecule has 1 aliphatic heterocycles. The largest absolute Gasteiger partial charge is 0.497 e. The summed E-state index contributed by atoms with van der Waals surface area (Å²) >= 11 is 0. The normalized spacial score (nSPS) is 20.0. The molecule has 24 heavy (non-hydrogen) atoms. The van der Waals surface area contributed by atoms with Crippen molar-refractivity contribution in [2.75, 3.05) is 44.7 Å². The maximum Gasteiger partial charge on any atom is 0.275 e. The van der Waals surface area contributed by atoms with E-state index in [1.165, 1.54) is 29.8 Å². The summed E-state index contributed by atoms with van der Waals surface area (Å²) in [6.07, 6.45) is 6.16. The second-order valence-corrected chi connectivity index (χ2v) is 7.02. The summed E-state index contributed by atoms with van der Waals surface area (Å²) in [5.74, 6) is 1.13. The molecule has 3 rings (SSSR count). The first-order valence-electron chi connectivity index (χ1n) is 9.26. The van der Waals surface area contributed by atoms with Crippen molar-refractivity contribution in [1.29, 1.82) is 0 Å². The summed E-state index contributed by atoms with van der Waals surface area (Å²) in [6, 6.07) is 8.64. The monoisotopic (exact) mass is 332 g/mol. The van der Waals surface area contributed by atoms with Crippen LogP contribution >= 0.6 is 0 Å². The SMILES string of the molecule is COc1cccc(N2CC[NH+](CC(=O)NC3CCCCC3)CC2)c1. The predicted molar refractivity (Wildman–Crippen MR) is 95.8 cm³/mol. The lowest BCUT2D eigenvalue weighted by molar-refractivity contribution is -0.892. The fourth-order valence-electron chi connectivity index (χ4n) is 3.82. The Balaban J connectivity index is 1.43. The summed E-state index contributed by atoms with van der Waals surface area (Å²) in [4.78, 5) is 16.0. The highest BCUT2D eigenvalue weighted by Crippen LogP contribution is 2.20. The molecule has 1 heterocycles. The minimum absolute atomic E-state index is 0.228. The van der Waals surface area contributed by atoms with Crippen LogP contribution in [0.25, 0.3) is 0 Å². The third kappa shape index (κ3) is 4.63. The molecule has 0 radical (unpaired) electrons. The van der Waals surface area contributed by atoms with Crippen LogP contribution in [-0.2, 0) is 4.79 Å². The summed E-state index contributed by atoms with van der Waals surface area (Å²) < 4.78 is 5.31. The molecule has 1 saturated carbocycles. The number of hydrogen-bond donors (Lipinski definition) is 2. The minimum atomic E-state index is 0.228. The Bertz CT molecular complexity index is 535. The summed E-state index contributed by atoms with van der Waals surface area (Å²) in [5, 5.41) is 3.23. The van der Waals surface area contributed by atoms with Crippen molar-refractivity contribution in [3.05, 3.63) is 24.3 Å². The van der Waals surface area contributed by atoms with Crippen LogP contribution in [-0.4, -0.2) is 51.8 Å². The molecule has 5 nitrogen and oxygen atoms in total. The lowest BCUT2D eigenvalue weighted by atomic mass is 9.95. The molecule has 5 heteroatoms. The van der Waals surface area contributed by atoms with Gasteiger partial charge in [-0.25, -0.2) is 0 Å². The Morgan fingerprint density at radius 2 is 2.00 bits per heavy atom. The number of anilines is 1. The van der Waals surface area contributed by atoms with Gasteiger partial charge in [0.1, 0.15) is 5.75 Å². The Morgan fingerprint density at radius 3 is 2.71 bits per heavy atom. The van der Waals surface area contributed by atoms with E-state index in [0.717, 1.165) is 44.8 Å². The Labute approximate surface area is 145 Å². The van der Waals surface area contributed by atoms with E-state index in [1.54, 1.807) is 7.11 Å². The molecule has 2 fully saturated rings. The Hall–Kier alpha value is -1.75. The molecule has 0 spiro atoms. The molecule has 0 aromatic heterocycles. The number of benzene rings is 1. The number of quaternary nitrogens is 1. The van der Waals surface area contributed by atoms with Crippen molar-refractivity contribution in [3.63, 3.8) is 0 Å². The summed E-state index contributed by atoms with van der Waals surface area (Å²) in [5.41, 5.74) is 1.21. The lowest BCUT2D eigenvalue weighted by Gasteiger charge is -2.33. The van der Waals surface area contributed by atoms with E-state index >= 15 is 0 Å². The van der Waals surface area contributed by atoms with Crippen molar-refractivity contribution < 1.29 is 14.4 Å². The standard InChI is InChI=1S/C19H29N3O2/c1-24-18-9-5-8-17(14-18)22-12-10-21(11-13-22)15-19(23)20-16-6-3-2-4-7-16/h5,8-9,14,16H,2-4,6-7,10-13,15H2,1H3,(H,20,23)/p+1. The highest BCUT2D eigenvalue weighted by molar-refractivity contribution is 5.77. The molecular formula is C19H30N3O2+. The quantitative estimate of drug-likeness (QED) is 0.840. The van der Waals surface area contributed by atoms with Gasteiger partial charge in [-0.2, -0.15) is 0 Å². The van der Waals surface area contributed by atoms with Crippen molar-refractivity contribution >= 4 is 11.6 Å². The van der Waals surface area contributed by atoms with Crippen molar-refractivity contribution in [3.8, 4) is 5.75 Å². The molecule has 2 aliphatic rings. The lowest BCUT2D eigenvalue weighted by Crippen LogP contribution is -3.16. The number of amides is 1. The van der Waals surface area contributed by atoms with E-state index in [1.807, 2.05) is 12.1 Å². The van der Waals surface area contributed by atoms with Gasteiger partial charge < -0.3 is 19.9 Å². The number of carbonyl (C=O) groups is 1. The van der Waals surface area contributed by atoms with Gasteiger partial charge in [-0.15, -0.1) is 0 Å². The van der Waals surface area contributed by atoms with Crippen molar-refractivity contribution in [2.45, 2.75) is 38.1 Å². The molecule has 1 aromatic rings. The molecular weight excluding hydrogens is 302 g/mol. The fraction of sp³-hybridized carbons (Fsp3) is 0.632. The number of rotatable bonds is 5. The predicted octanol–water partition coefficient (Wildman–Crippen LogP) is 0.849. The average molecular weight is 332 g/mol. The number of nitrogens with zero attached hydrogens (tertiary/aromatic N) is 1. The van der Waals surface area contributed by atoms with Gasteiger partial charge in [-0.1, -0.05) is 25.3 Å². The molecule has 2 N–H and O–H groups in total. The number of carbonyl (C=O) groups excluding carboxylic acids is 1. The molecule has 1 aliphatic carbocycles. The molecule has 1 saturated heterocycles. The van der Waals surface area contributed by atoms with Gasteiger partial charge in [0.15, 0.2) is 6.54 Å². The minimum Gasteiger partial charge on any atom is -0.497 e. The van der Waals surface area contributed by atoms with Gasteiger partial charge >= 0.3 is 0 Å². The number of piperazine rings is 1. The van der Waals surface area contributed by atoms with Gasteiger partial charge in [0.2, 0.25) is 0 Å². The van der Waals surface area contributed by atoms with E-state index in [0.29, 0.717) is 12.6 Å². The van der Waals surface area contributed by atoms with Crippen LogP contribution in [0.3, 0.4) is 0 Å². The zero-order chi connectivity index (χ0) is 16.8. The Kier molecular flexibility index (Phi) is 5.96. The molecule has 132 valence electrons. The zero-order valence-electron chi connectivity index (χ0n) is 14.7. The second-order valence-electron chi connectivity index (χ2n) is 7.02. The van der Waals surface area contributed by atoms with Gasteiger partial charge in [0.05, 0.1) is 33.3 Å². The molecule has 1 aromatic carbocycles. The van der Waals surface area contributed by atoms with Crippen LogP contribution in [0.1, 0.15) is 32.1 Å². The maximum absolute atomic E-state index is 12.3. The third-order valence-electron chi connectivity index (χ3n) is 5.27. The van der Waals surface area contributed by atoms with Crippen molar-refractivity contribution in [1.82, 2.24) is 5.32 Å². The highest BCUT2D eigenvalue weighted by Gasteiger charge is 2.24.